The average molecular weight is 366 g/mol. The molecule has 0 bridgehead atoms. The van der Waals surface area contributed by atoms with Crippen LogP contribution in [0.3, 0.4) is 0 Å². The number of rotatable bonds is 4. The fraction of sp³-hybridized carbons (Fsp3) is 0.100. The molecule has 0 saturated carbocycles. The molecule has 0 amide bonds. The van der Waals surface area contributed by atoms with E-state index in [4.69, 9.17) is 16.3 Å². The van der Waals surface area contributed by atoms with Crippen molar-refractivity contribution in [3.63, 3.8) is 0 Å². The van der Waals surface area contributed by atoms with Gasteiger partial charge in [-0.05, 0) is 29.8 Å². The predicted molar refractivity (Wildman–Crippen MR) is 102 cm³/mol. The second-order valence-corrected chi connectivity index (χ2v) is 6.29. The Labute approximate surface area is 155 Å². The summed E-state index contributed by atoms with van der Waals surface area (Å²) in [6.07, 6.45) is 3.49. The lowest BCUT2D eigenvalue weighted by molar-refractivity contribution is 0.416. The van der Waals surface area contributed by atoms with Crippen LogP contribution in [0, 0.1) is 0 Å². The number of ether oxygens (including phenoxy) is 1. The highest BCUT2D eigenvalue weighted by atomic mass is 35.5. The quantitative estimate of drug-likeness (QED) is 0.551. The Kier molecular flexibility index (Phi) is 4.22. The molecule has 0 radical (unpaired) electrons. The molecule has 0 aliphatic heterocycles. The first-order valence-electron chi connectivity index (χ1n) is 8.13. The summed E-state index contributed by atoms with van der Waals surface area (Å²) < 4.78 is 8.61. The van der Waals surface area contributed by atoms with Gasteiger partial charge >= 0.3 is 0 Å². The first kappa shape index (κ1) is 16.4. The van der Waals surface area contributed by atoms with E-state index in [1.807, 2.05) is 48.5 Å². The highest BCUT2D eigenvalue weighted by Gasteiger charge is 2.13. The van der Waals surface area contributed by atoms with Crippen LogP contribution in [-0.4, -0.2) is 21.3 Å². The van der Waals surface area contributed by atoms with Gasteiger partial charge in [0.15, 0.2) is 0 Å². The number of hydrogen-bond donors (Lipinski definition) is 0. The van der Waals surface area contributed by atoms with Crippen molar-refractivity contribution in [2.24, 2.45) is 0 Å². The molecule has 5 nitrogen and oxygen atoms in total. The minimum Gasteiger partial charge on any atom is -0.496 e. The molecule has 2 heterocycles. The van der Waals surface area contributed by atoms with Crippen molar-refractivity contribution in [1.29, 1.82) is 0 Å². The maximum absolute atomic E-state index is 12.9. The lowest BCUT2D eigenvalue weighted by Gasteiger charge is -2.07. The van der Waals surface area contributed by atoms with Gasteiger partial charge in [-0.15, -0.1) is 0 Å². The first-order valence-corrected chi connectivity index (χ1v) is 8.51. The Hall–Kier alpha value is -3.05. The summed E-state index contributed by atoms with van der Waals surface area (Å²) in [5.74, 6) is 0.715. The van der Waals surface area contributed by atoms with Gasteiger partial charge in [0.25, 0.3) is 5.56 Å². The van der Waals surface area contributed by atoms with E-state index in [-0.39, 0.29) is 5.56 Å². The SMILES string of the molecule is COc1ccccc1-c1cc2c(=O)n(Cc3ccccc3Cl)ccn2n1. The zero-order valence-corrected chi connectivity index (χ0v) is 14.8. The lowest BCUT2D eigenvalue weighted by atomic mass is 10.1. The molecule has 0 atom stereocenters. The third-order valence-electron chi connectivity index (χ3n) is 4.28. The molecule has 130 valence electrons. The number of methoxy groups -OCH3 is 1. The van der Waals surface area contributed by atoms with Gasteiger partial charge < -0.3 is 9.30 Å². The number of nitrogens with zero attached hydrogens (tertiary/aromatic N) is 3. The van der Waals surface area contributed by atoms with Gasteiger partial charge in [-0.3, -0.25) is 4.79 Å². The van der Waals surface area contributed by atoms with Crippen LogP contribution >= 0.6 is 11.6 Å². The van der Waals surface area contributed by atoms with E-state index >= 15 is 0 Å². The molecular weight excluding hydrogens is 350 g/mol. The molecule has 2 aromatic heterocycles. The van der Waals surface area contributed by atoms with Crippen LogP contribution in [0.25, 0.3) is 16.8 Å². The standard InChI is InChI=1S/C20H16ClN3O2/c1-26-19-9-5-3-7-15(19)17-12-18-20(25)23(10-11-24(18)22-17)13-14-6-2-4-8-16(14)21/h2-12H,13H2,1H3. The second kappa shape index (κ2) is 6.69. The molecule has 6 heteroatoms. The monoisotopic (exact) mass is 365 g/mol. The van der Waals surface area contributed by atoms with E-state index < -0.39 is 0 Å². The van der Waals surface area contributed by atoms with Crippen molar-refractivity contribution in [1.82, 2.24) is 14.2 Å². The zero-order valence-electron chi connectivity index (χ0n) is 14.1. The predicted octanol–water partition coefficient (Wildman–Crippen LogP) is 3.87. The highest BCUT2D eigenvalue weighted by molar-refractivity contribution is 6.31. The third-order valence-corrected chi connectivity index (χ3v) is 4.65. The van der Waals surface area contributed by atoms with Crippen molar-refractivity contribution in [3.8, 4) is 17.0 Å². The van der Waals surface area contributed by atoms with Gasteiger partial charge in [0.05, 0.1) is 19.3 Å². The molecule has 2 aromatic carbocycles. The van der Waals surface area contributed by atoms with E-state index in [2.05, 4.69) is 5.10 Å². The summed E-state index contributed by atoms with van der Waals surface area (Å²) in [7, 11) is 1.62. The molecule has 26 heavy (non-hydrogen) atoms. The van der Waals surface area contributed by atoms with E-state index in [1.54, 1.807) is 34.7 Å². The number of benzene rings is 2. The van der Waals surface area contributed by atoms with E-state index in [1.165, 1.54) is 0 Å². The summed E-state index contributed by atoms with van der Waals surface area (Å²) in [5.41, 5.74) is 2.80. The van der Waals surface area contributed by atoms with Crippen LogP contribution in [0.1, 0.15) is 5.56 Å². The fourth-order valence-corrected chi connectivity index (χ4v) is 3.14. The molecule has 0 fully saturated rings. The van der Waals surface area contributed by atoms with Gasteiger partial charge in [0.2, 0.25) is 0 Å². The summed E-state index contributed by atoms with van der Waals surface area (Å²) in [4.78, 5) is 12.9. The van der Waals surface area contributed by atoms with E-state index in [0.717, 1.165) is 11.1 Å². The Morgan fingerprint density at radius 3 is 2.65 bits per heavy atom. The first-order chi connectivity index (χ1) is 12.7. The highest BCUT2D eigenvalue weighted by Crippen LogP contribution is 2.28. The smallest absolute Gasteiger partial charge is 0.276 e. The fourth-order valence-electron chi connectivity index (χ4n) is 2.95. The topological polar surface area (TPSA) is 48.5 Å². The number of aromatic nitrogens is 3. The zero-order chi connectivity index (χ0) is 18.1. The second-order valence-electron chi connectivity index (χ2n) is 5.88. The van der Waals surface area contributed by atoms with Crippen LogP contribution in [0.5, 0.6) is 5.75 Å². The summed E-state index contributed by atoms with van der Waals surface area (Å²) in [5, 5.41) is 5.16. The molecule has 0 aliphatic rings. The summed E-state index contributed by atoms with van der Waals surface area (Å²) in [6, 6.07) is 16.9. The molecule has 0 N–H and O–H groups in total. The van der Waals surface area contributed by atoms with Crippen LogP contribution in [0.4, 0.5) is 0 Å². The molecular formula is C20H16ClN3O2. The van der Waals surface area contributed by atoms with Crippen LogP contribution < -0.4 is 10.3 Å². The Morgan fingerprint density at radius 2 is 1.85 bits per heavy atom. The van der Waals surface area contributed by atoms with Crippen molar-refractivity contribution in [2.45, 2.75) is 6.54 Å². The minimum absolute atomic E-state index is 0.124. The number of hydrogen-bond acceptors (Lipinski definition) is 3. The van der Waals surface area contributed by atoms with Crippen LogP contribution in [0.15, 0.2) is 71.8 Å². The summed E-state index contributed by atoms with van der Waals surface area (Å²) >= 11 is 6.22. The van der Waals surface area contributed by atoms with Crippen LogP contribution in [0.2, 0.25) is 5.02 Å². The van der Waals surface area contributed by atoms with Crippen molar-refractivity contribution in [2.75, 3.05) is 7.11 Å². The van der Waals surface area contributed by atoms with Gasteiger partial charge in [0, 0.05) is 23.0 Å². The van der Waals surface area contributed by atoms with E-state index in [0.29, 0.717) is 28.5 Å². The van der Waals surface area contributed by atoms with Gasteiger partial charge in [0.1, 0.15) is 11.3 Å². The number of para-hydroxylation sites is 1. The Balaban J connectivity index is 1.79. The molecule has 0 saturated heterocycles. The minimum atomic E-state index is -0.124. The normalized spacial score (nSPS) is 11.0. The number of fused-ring (bicyclic) bond motifs is 1. The molecule has 0 unspecified atom stereocenters. The average Bonchev–Trinajstić information content (AvgIpc) is 3.10. The largest absolute Gasteiger partial charge is 0.496 e. The van der Waals surface area contributed by atoms with Crippen molar-refractivity contribution < 1.29 is 4.74 Å². The van der Waals surface area contributed by atoms with E-state index in [9.17, 15) is 4.79 Å². The molecule has 0 aliphatic carbocycles. The number of halogens is 1. The Bertz CT molecular complexity index is 1150. The maximum Gasteiger partial charge on any atom is 0.276 e. The van der Waals surface area contributed by atoms with Crippen LogP contribution in [-0.2, 0) is 6.54 Å². The van der Waals surface area contributed by atoms with Gasteiger partial charge in [-0.1, -0.05) is 41.9 Å². The van der Waals surface area contributed by atoms with Gasteiger partial charge in [-0.2, -0.15) is 5.10 Å². The third kappa shape index (κ3) is 2.86. The van der Waals surface area contributed by atoms with Gasteiger partial charge in [-0.25, -0.2) is 4.52 Å². The molecule has 0 spiro atoms. The summed E-state index contributed by atoms with van der Waals surface area (Å²) in [6.45, 7) is 0.407. The maximum atomic E-state index is 12.9. The lowest BCUT2D eigenvalue weighted by Crippen LogP contribution is -2.21. The Morgan fingerprint density at radius 1 is 1.08 bits per heavy atom. The van der Waals surface area contributed by atoms with Crippen molar-refractivity contribution >= 4 is 17.1 Å². The van der Waals surface area contributed by atoms with Crippen molar-refractivity contribution in [3.05, 3.63) is 87.9 Å². The molecule has 4 aromatic rings. The molecule has 4 rings (SSSR count).